The smallest absolute Gasteiger partial charge is 0.353 e. The number of nitrogens with zero attached hydrogens (tertiary/aromatic N) is 7. The molecule has 4 heterocycles. The predicted octanol–water partition coefficient (Wildman–Crippen LogP) is 2.01. The number of rotatable bonds is 3. The number of alkyl halides is 3. The lowest BCUT2D eigenvalue weighted by atomic mass is 10.1. The molecule has 0 bridgehead atoms. The van der Waals surface area contributed by atoms with E-state index in [9.17, 15) is 18.0 Å². The second-order valence-corrected chi connectivity index (χ2v) is 7.70. The molecule has 0 atom stereocenters. The first kappa shape index (κ1) is 20.4. The molecule has 0 unspecified atom stereocenters. The first-order valence-corrected chi connectivity index (χ1v) is 10.0. The standard InChI is InChI=1S/C20H19F3N8O/c1-12-25-17-9-24-10-18(31(17)28-12)30-6-4-29(5-7-30)11-16-26-15-8-13(20(21,22)23)2-3-14(15)19(32)27-16/h2-3,8-10H,4-7,11H2,1H3,(H,26,27,32). The fourth-order valence-electron chi connectivity index (χ4n) is 3.91. The fourth-order valence-corrected chi connectivity index (χ4v) is 3.91. The summed E-state index contributed by atoms with van der Waals surface area (Å²) in [4.78, 5) is 32.1. The van der Waals surface area contributed by atoms with Gasteiger partial charge in [-0.25, -0.2) is 9.97 Å². The molecule has 1 N–H and O–H groups in total. The minimum Gasteiger partial charge on any atom is -0.353 e. The van der Waals surface area contributed by atoms with E-state index in [0.29, 0.717) is 50.0 Å². The normalized spacial score (nSPS) is 15.7. The van der Waals surface area contributed by atoms with Gasteiger partial charge in [-0.3, -0.25) is 14.7 Å². The molecule has 1 saturated heterocycles. The van der Waals surface area contributed by atoms with E-state index in [4.69, 9.17) is 0 Å². The van der Waals surface area contributed by atoms with Crippen molar-refractivity contribution in [3.63, 3.8) is 0 Å². The molecule has 0 saturated carbocycles. The van der Waals surface area contributed by atoms with Crippen LogP contribution in [0.4, 0.5) is 19.0 Å². The van der Waals surface area contributed by atoms with Gasteiger partial charge in [0.05, 0.1) is 35.4 Å². The second-order valence-electron chi connectivity index (χ2n) is 7.70. The van der Waals surface area contributed by atoms with Gasteiger partial charge in [0.2, 0.25) is 0 Å². The quantitative estimate of drug-likeness (QED) is 0.517. The van der Waals surface area contributed by atoms with Crippen LogP contribution in [0.3, 0.4) is 0 Å². The van der Waals surface area contributed by atoms with E-state index in [-0.39, 0.29) is 10.9 Å². The molecule has 4 aromatic rings. The van der Waals surface area contributed by atoms with E-state index in [1.54, 1.807) is 16.9 Å². The van der Waals surface area contributed by atoms with Crippen LogP contribution in [0.15, 0.2) is 35.4 Å². The summed E-state index contributed by atoms with van der Waals surface area (Å²) < 4.78 is 40.8. The molecule has 1 aliphatic heterocycles. The Morgan fingerprint density at radius 3 is 2.62 bits per heavy atom. The van der Waals surface area contributed by atoms with Crippen molar-refractivity contribution in [2.75, 3.05) is 31.1 Å². The van der Waals surface area contributed by atoms with E-state index < -0.39 is 17.3 Å². The van der Waals surface area contributed by atoms with Crippen LogP contribution < -0.4 is 10.5 Å². The van der Waals surface area contributed by atoms with Crippen molar-refractivity contribution in [2.45, 2.75) is 19.6 Å². The summed E-state index contributed by atoms with van der Waals surface area (Å²) in [6.07, 6.45) is -1.08. The Kier molecular flexibility index (Phi) is 4.81. The molecule has 0 amide bonds. The number of H-pyrrole nitrogens is 1. The Hall–Kier alpha value is -3.54. The van der Waals surface area contributed by atoms with E-state index in [2.05, 4.69) is 34.8 Å². The molecule has 0 radical (unpaired) electrons. The van der Waals surface area contributed by atoms with E-state index in [0.717, 1.165) is 24.0 Å². The number of halogens is 3. The Labute approximate surface area is 179 Å². The minimum absolute atomic E-state index is 0.0384. The lowest BCUT2D eigenvalue weighted by molar-refractivity contribution is -0.137. The van der Waals surface area contributed by atoms with Gasteiger partial charge in [-0.1, -0.05) is 0 Å². The molecule has 32 heavy (non-hydrogen) atoms. The highest BCUT2D eigenvalue weighted by molar-refractivity contribution is 5.78. The number of benzene rings is 1. The van der Waals surface area contributed by atoms with Crippen LogP contribution in [0.2, 0.25) is 0 Å². The number of hydrogen-bond donors (Lipinski definition) is 1. The molecule has 9 nitrogen and oxygen atoms in total. The third-order valence-corrected chi connectivity index (χ3v) is 5.49. The van der Waals surface area contributed by atoms with Gasteiger partial charge >= 0.3 is 6.18 Å². The van der Waals surface area contributed by atoms with Gasteiger partial charge in [-0.15, -0.1) is 5.10 Å². The molecule has 3 aromatic heterocycles. The second kappa shape index (κ2) is 7.55. The zero-order chi connectivity index (χ0) is 22.5. The van der Waals surface area contributed by atoms with Crippen molar-refractivity contribution < 1.29 is 13.2 Å². The van der Waals surface area contributed by atoms with E-state index in [1.807, 2.05) is 6.92 Å². The third-order valence-electron chi connectivity index (χ3n) is 5.49. The van der Waals surface area contributed by atoms with Crippen LogP contribution in [0.5, 0.6) is 0 Å². The molecule has 12 heteroatoms. The summed E-state index contributed by atoms with van der Waals surface area (Å²) in [6.45, 7) is 4.89. The number of anilines is 1. The molecule has 0 spiro atoms. The Morgan fingerprint density at radius 1 is 1.09 bits per heavy atom. The average Bonchev–Trinajstić information content (AvgIpc) is 3.13. The summed E-state index contributed by atoms with van der Waals surface area (Å²) in [6, 6.07) is 2.97. The zero-order valence-electron chi connectivity index (χ0n) is 17.1. The first-order chi connectivity index (χ1) is 15.3. The maximum Gasteiger partial charge on any atom is 0.416 e. The van der Waals surface area contributed by atoms with Gasteiger partial charge in [0.1, 0.15) is 11.6 Å². The van der Waals surface area contributed by atoms with E-state index >= 15 is 0 Å². The highest BCUT2D eigenvalue weighted by Crippen LogP contribution is 2.30. The third kappa shape index (κ3) is 3.77. The summed E-state index contributed by atoms with van der Waals surface area (Å²) in [5, 5.41) is 4.55. The molecule has 5 rings (SSSR count). The SMILES string of the molecule is Cc1nc2cncc(N3CCN(Cc4nc5cc(C(F)(F)F)ccc5c(=O)[nH]4)CC3)n2n1. The lowest BCUT2D eigenvalue weighted by Crippen LogP contribution is -2.47. The van der Waals surface area contributed by atoms with Gasteiger partial charge in [-0.05, 0) is 25.1 Å². The largest absolute Gasteiger partial charge is 0.416 e. The van der Waals surface area contributed by atoms with Gasteiger partial charge in [0.15, 0.2) is 11.5 Å². The number of fused-ring (bicyclic) bond motifs is 2. The zero-order valence-corrected chi connectivity index (χ0v) is 17.1. The maximum absolute atomic E-state index is 13.0. The Bertz CT molecular complexity index is 1350. The molecule has 1 aromatic carbocycles. The van der Waals surface area contributed by atoms with Crippen molar-refractivity contribution in [1.82, 2.24) is 34.4 Å². The molecular weight excluding hydrogens is 425 g/mol. The summed E-state index contributed by atoms with van der Waals surface area (Å²) in [5.74, 6) is 1.85. The van der Waals surface area contributed by atoms with Crippen LogP contribution in [0, 0.1) is 6.92 Å². The number of aryl methyl sites for hydroxylation is 1. The van der Waals surface area contributed by atoms with Crippen molar-refractivity contribution >= 4 is 22.4 Å². The summed E-state index contributed by atoms with van der Waals surface area (Å²) in [5.41, 5.74) is -0.555. The average molecular weight is 444 g/mol. The van der Waals surface area contributed by atoms with Crippen molar-refractivity contribution in [3.8, 4) is 0 Å². The van der Waals surface area contributed by atoms with Gasteiger partial charge in [0.25, 0.3) is 5.56 Å². The van der Waals surface area contributed by atoms with Crippen LogP contribution >= 0.6 is 0 Å². The number of aromatic nitrogens is 6. The van der Waals surface area contributed by atoms with Crippen LogP contribution in [0.25, 0.3) is 16.6 Å². The Morgan fingerprint density at radius 2 is 1.88 bits per heavy atom. The van der Waals surface area contributed by atoms with Crippen molar-refractivity contribution in [3.05, 3.63) is 58.2 Å². The fraction of sp³-hybridized carbons (Fsp3) is 0.350. The van der Waals surface area contributed by atoms with Crippen LogP contribution in [-0.2, 0) is 12.7 Å². The number of aromatic amines is 1. The molecule has 0 aliphatic carbocycles. The minimum atomic E-state index is -4.49. The number of piperazine rings is 1. The molecule has 1 aliphatic rings. The van der Waals surface area contributed by atoms with Crippen LogP contribution in [-0.4, -0.2) is 60.6 Å². The molecule has 1 fully saturated rings. The van der Waals surface area contributed by atoms with Crippen LogP contribution in [0.1, 0.15) is 17.2 Å². The maximum atomic E-state index is 13.0. The molecule has 166 valence electrons. The summed E-state index contributed by atoms with van der Waals surface area (Å²) in [7, 11) is 0. The summed E-state index contributed by atoms with van der Waals surface area (Å²) >= 11 is 0. The topological polar surface area (TPSA) is 95.3 Å². The molecular formula is C20H19F3N8O. The number of nitrogens with one attached hydrogen (secondary N) is 1. The van der Waals surface area contributed by atoms with Crippen molar-refractivity contribution in [1.29, 1.82) is 0 Å². The van der Waals surface area contributed by atoms with Gasteiger partial charge in [0, 0.05) is 26.2 Å². The van der Waals surface area contributed by atoms with Crippen molar-refractivity contribution in [2.24, 2.45) is 0 Å². The monoisotopic (exact) mass is 444 g/mol. The number of hydrogen-bond acceptors (Lipinski definition) is 7. The Balaban J connectivity index is 1.33. The first-order valence-electron chi connectivity index (χ1n) is 10.0. The van der Waals surface area contributed by atoms with Gasteiger partial charge < -0.3 is 9.88 Å². The van der Waals surface area contributed by atoms with Gasteiger partial charge in [-0.2, -0.15) is 17.7 Å². The predicted molar refractivity (Wildman–Crippen MR) is 110 cm³/mol. The highest BCUT2D eigenvalue weighted by Gasteiger charge is 2.31. The van der Waals surface area contributed by atoms with E-state index in [1.165, 1.54) is 0 Å². The lowest BCUT2D eigenvalue weighted by Gasteiger charge is -2.35. The highest BCUT2D eigenvalue weighted by atomic mass is 19.4.